The SMILES string of the molecule is Cc1ccc(NC(=O)C2CC(=O)N(c3ccccn3)C2)c(=O)[nH]1. The highest BCUT2D eigenvalue weighted by Gasteiger charge is 2.35. The Kier molecular flexibility index (Phi) is 3.92. The number of amides is 2. The van der Waals surface area contributed by atoms with Crippen LogP contribution in [0.3, 0.4) is 0 Å². The molecule has 1 aliphatic heterocycles. The first kappa shape index (κ1) is 15.0. The molecule has 1 aliphatic rings. The Labute approximate surface area is 132 Å². The molecule has 3 heterocycles. The Morgan fingerprint density at radius 2 is 2.13 bits per heavy atom. The normalized spacial score (nSPS) is 17.3. The standard InChI is InChI=1S/C16H16N4O3/c1-10-5-6-12(16(23)18-10)19-15(22)11-8-14(21)20(9-11)13-4-2-3-7-17-13/h2-7,11H,8-9H2,1H3,(H,18,23)(H,19,22). The lowest BCUT2D eigenvalue weighted by molar-refractivity contribution is -0.122. The molecule has 1 fully saturated rings. The second-order valence-corrected chi connectivity index (χ2v) is 5.47. The zero-order chi connectivity index (χ0) is 16.4. The average molecular weight is 312 g/mol. The molecule has 23 heavy (non-hydrogen) atoms. The van der Waals surface area contributed by atoms with Crippen LogP contribution < -0.4 is 15.8 Å². The van der Waals surface area contributed by atoms with E-state index >= 15 is 0 Å². The minimum atomic E-state index is -0.509. The average Bonchev–Trinajstić information content (AvgIpc) is 2.93. The van der Waals surface area contributed by atoms with Crippen molar-refractivity contribution in [2.75, 3.05) is 16.8 Å². The first-order chi connectivity index (χ1) is 11.0. The lowest BCUT2D eigenvalue weighted by atomic mass is 10.1. The molecule has 2 aromatic rings. The molecule has 3 rings (SSSR count). The van der Waals surface area contributed by atoms with Gasteiger partial charge in [-0.3, -0.25) is 19.3 Å². The number of aromatic nitrogens is 2. The van der Waals surface area contributed by atoms with Gasteiger partial charge in [0.05, 0.1) is 5.92 Å². The van der Waals surface area contributed by atoms with E-state index in [-0.39, 0.29) is 36.0 Å². The molecule has 7 nitrogen and oxygen atoms in total. The second-order valence-electron chi connectivity index (χ2n) is 5.47. The Balaban J connectivity index is 1.72. The van der Waals surface area contributed by atoms with Gasteiger partial charge in [-0.15, -0.1) is 0 Å². The van der Waals surface area contributed by atoms with E-state index in [1.54, 1.807) is 43.5 Å². The number of carbonyl (C=O) groups is 2. The Bertz CT molecular complexity index is 800. The van der Waals surface area contributed by atoms with E-state index in [1.165, 1.54) is 4.90 Å². The minimum Gasteiger partial charge on any atom is -0.325 e. The van der Waals surface area contributed by atoms with Gasteiger partial charge in [0.1, 0.15) is 11.5 Å². The Morgan fingerprint density at radius 1 is 1.30 bits per heavy atom. The highest BCUT2D eigenvalue weighted by molar-refractivity contribution is 6.03. The smallest absolute Gasteiger partial charge is 0.271 e. The first-order valence-corrected chi connectivity index (χ1v) is 7.27. The molecule has 0 spiro atoms. The van der Waals surface area contributed by atoms with Gasteiger partial charge in [0, 0.05) is 24.9 Å². The summed E-state index contributed by atoms with van der Waals surface area (Å²) in [4.78, 5) is 44.4. The van der Waals surface area contributed by atoms with Crippen molar-refractivity contribution in [2.45, 2.75) is 13.3 Å². The number of aromatic amines is 1. The van der Waals surface area contributed by atoms with Crippen molar-refractivity contribution in [1.82, 2.24) is 9.97 Å². The fourth-order valence-corrected chi connectivity index (χ4v) is 2.52. The summed E-state index contributed by atoms with van der Waals surface area (Å²) in [5.41, 5.74) is 0.541. The van der Waals surface area contributed by atoms with E-state index < -0.39 is 5.92 Å². The van der Waals surface area contributed by atoms with Crippen molar-refractivity contribution in [1.29, 1.82) is 0 Å². The zero-order valence-electron chi connectivity index (χ0n) is 12.6. The van der Waals surface area contributed by atoms with Crippen molar-refractivity contribution in [3.05, 3.63) is 52.6 Å². The van der Waals surface area contributed by atoms with Gasteiger partial charge in [-0.05, 0) is 31.2 Å². The zero-order valence-corrected chi connectivity index (χ0v) is 12.6. The number of carbonyl (C=O) groups excluding carboxylic acids is 2. The summed E-state index contributed by atoms with van der Waals surface area (Å²) in [7, 11) is 0. The van der Waals surface area contributed by atoms with Crippen LogP contribution in [0.5, 0.6) is 0 Å². The number of rotatable bonds is 3. The fraction of sp³-hybridized carbons (Fsp3) is 0.250. The summed E-state index contributed by atoms with van der Waals surface area (Å²) >= 11 is 0. The number of H-pyrrole nitrogens is 1. The Hall–Kier alpha value is -2.96. The molecule has 7 heteroatoms. The van der Waals surface area contributed by atoms with E-state index in [4.69, 9.17) is 0 Å². The first-order valence-electron chi connectivity index (χ1n) is 7.27. The lowest BCUT2D eigenvalue weighted by Crippen LogP contribution is -2.30. The van der Waals surface area contributed by atoms with Crippen molar-refractivity contribution < 1.29 is 9.59 Å². The van der Waals surface area contributed by atoms with Crippen molar-refractivity contribution in [2.24, 2.45) is 5.92 Å². The third-order valence-corrected chi connectivity index (χ3v) is 3.73. The molecular formula is C16H16N4O3. The molecule has 2 N–H and O–H groups in total. The van der Waals surface area contributed by atoms with Gasteiger partial charge in [-0.1, -0.05) is 6.07 Å². The summed E-state index contributed by atoms with van der Waals surface area (Å²) in [6.07, 6.45) is 1.70. The maximum absolute atomic E-state index is 12.3. The van der Waals surface area contributed by atoms with Gasteiger partial charge in [0.25, 0.3) is 5.56 Å². The number of nitrogens with one attached hydrogen (secondary N) is 2. The molecule has 0 bridgehead atoms. The lowest BCUT2D eigenvalue weighted by Gasteiger charge is -2.15. The van der Waals surface area contributed by atoms with Crippen LogP contribution in [0.25, 0.3) is 0 Å². The molecule has 2 amide bonds. The number of anilines is 2. The van der Waals surface area contributed by atoms with E-state index in [0.29, 0.717) is 11.5 Å². The van der Waals surface area contributed by atoms with Crippen LogP contribution in [0.1, 0.15) is 12.1 Å². The van der Waals surface area contributed by atoms with Crippen LogP contribution in [-0.4, -0.2) is 28.3 Å². The predicted molar refractivity (Wildman–Crippen MR) is 85.1 cm³/mol. The van der Waals surface area contributed by atoms with Crippen LogP contribution in [-0.2, 0) is 9.59 Å². The molecule has 1 unspecified atom stereocenters. The van der Waals surface area contributed by atoms with Crippen LogP contribution in [0.4, 0.5) is 11.5 Å². The number of hydrogen-bond donors (Lipinski definition) is 2. The van der Waals surface area contributed by atoms with Crippen LogP contribution in [0.15, 0.2) is 41.3 Å². The molecule has 0 saturated carbocycles. The minimum absolute atomic E-state index is 0.103. The molecule has 1 saturated heterocycles. The summed E-state index contributed by atoms with van der Waals surface area (Å²) < 4.78 is 0. The quantitative estimate of drug-likeness (QED) is 0.886. The molecule has 0 aromatic carbocycles. The Morgan fingerprint density at radius 3 is 2.83 bits per heavy atom. The van der Waals surface area contributed by atoms with E-state index in [9.17, 15) is 14.4 Å². The summed E-state index contributed by atoms with van der Waals surface area (Å²) in [5, 5.41) is 2.59. The van der Waals surface area contributed by atoms with Crippen LogP contribution in [0, 0.1) is 12.8 Å². The van der Waals surface area contributed by atoms with E-state index in [1.807, 2.05) is 0 Å². The topological polar surface area (TPSA) is 95.2 Å². The molecule has 118 valence electrons. The second kappa shape index (κ2) is 6.04. The maximum atomic E-state index is 12.3. The fourth-order valence-electron chi connectivity index (χ4n) is 2.52. The monoisotopic (exact) mass is 312 g/mol. The molecule has 1 atom stereocenters. The third kappa shape index (κ3) is 3.13. The number of aryl methyl sites for hydroxylation is 1. The maximum Gasteiger partial charge on any atom is 0.271 e. The van der Waals surface area contributed by atoms with Gasteiger partial charge >= 0.3 is 0 Å². The number of hydrogen-bond acceptors (Lipinski definition) is 4. The number of nitrogens with zero attached hydrogens (tertiary/aromatic N) is 2. The summed E-state index contributed by atoms with van der Waals surface area (Å²) in [5.74, 6) is -0.473. The van der Waals surface area contributed by atoms with E-state index in [2.05, 4.69) is 15.3 Å². The predicted octanol–water partition coefficient (Wildman–Crippen LogP) is 1.07. The summed E-state index contributed by atoms with van der Waals surface area (Å²) in [6.45, 7) is 2.01. The van der Waals surface area contributed by atoms with Gasteiger partial charge in [0.2, 0.25) is 11.8 Å². The molecule has 2 aromatic heterocycles. The van der Waals surface area contributed by atoms with Crippen LogP contribution in [0.2, 0.25) is 0 Å². The molecule has 0 aliphatic carbocycles. The molecule has 0 radical (unpaired) electrons. The number of pyridine rings is 2. The van der Waals surface area contributed by atoms with E-state index in [0.717, 1.165) is 0 Å². The van der Waals surface area contributed by atoms with Crippen molar-refractivity contribution in [3.63, 3.8) is 0 Å². The van der Waals surface area contributed by atoms with Crippen molar-refractivity contribution >= 4 is 23.3 Å². The van der Waals surface area contributed by atoms with Gasteiger partial charge in [-0.25, -0.2) is 4.98 Å². The van der Waals surface area contributed by atoms with Gasteiger partial charge in [0.15, 0.2) is 0 Å². The van der Waals surface area contributed by atoms with Gasteiger partial charge < -0.3 is 10.3 Å². The highest BCUT2D eigenvalue weighted by atomic mass is 16.2. The molecular weight excluding hydrogens is 296 g/mol. The van der Waals surface area contributed by atoms with Crippen LogP contribution >= 0.6 is 0 Å². The van der Waals surface area contributed by atoms with Gasteiger partial charge in [-0.2, -0.15) is 0 Å². The highest BCUT2D eigenvalue weighted by Crippen LogP contribution is 2.23. The largest absolute Gasteiger partial charge is 0.325 e. The van der Waals surface area contributed by atoms with Crippen molar-refractivity contribution in [3.8, 4) is 0 Å². The summed E-state index contributed by atoms with van der Waals surface area (Å²) in [6, 6.07) is 8.53. The third-order valence-electron chi connectivity index (χ3n) is 3.73.